The maximum atomic E-state index is 13.5. The first kappa shape index (κ1) is 10.2. The van der Waals surface area contributed by atoms with Crippen molar-refractivity contribution in [3.05, 3.63) is 46.8 Å². The second-order valence-electron chi connectivity index (χ2n) is 2.85. The average molecular weight is 200 g/mol. The summed E-state index contributed by atoms with van der Waals surface area (Å²) in [6, 6.07) is 2.71. The molecular formula is C10H11ClFN. The molecule has 0 fully saturated rings. The van der Waals surface area contributed by atoms with Crippen molar-refractivity contribution >= 4 is 11.6 Å². The highest BCUT2D eigenvalue weighted by molar-refractivity contribution is 6.31. The smallest absolute Gasteiger partial charge is 0.132 e. The third-order valence-electron chi connectivity index (χ3n) is 1.91. The molecule has 3 heteroatoms. The summed E-state index contributed by atoms with van der Waals surface area (Å²) in [5.41, 5.74) is 6.48. The van der Waals surface area contributed by atoms with E-state index in [1.165, 1.54) is 6.08 Å². The quantitative estimate of drug-likeness (QED) is 0.729. The number of halogens is 2. The highest BCUT2D eigenvalue weighted by Crippen LogP contribution is 2.26. The zero-order valence-electron chi connectivity index (χ0n) is 7.35. The topological polar surface area (TPSA) is 26.0 Å². The van der Waals surface area contributed by atoms with Gasteiger partial charge in [-0.2, -0.15) is 0 Å². The molecule has 0 heterocycles. The first-order chi connectivity index (χ1) is 6.07. The number of benzene rings is 1. The van der Waals surface area contributed by atoms with Crippen LogP contribution in [0.2, 0.25) is 5.02 Å². The van der Waals surface area contributed by atoms with Crippen molar-refractivity contribution < 1.29 is 4.39 Å². The third kappa shape index (κ3) is 1.90. The first-order valence-electron chi connectivity index (χ1n) is 3.90. The van der Waals surface area contributed by atoms with Gasteiger partial charge in [-0.1, -0.05) is 23.7 Å². The standard InChI is InChI=1S/C10H11ClFN/c1-3-8(13)9-7(11)5-4-6(2)10(9)12/h3-5,8H,1,13H2,2H3/t8-/m1/s1. The fourth-order valence-corrected chi connectivity index (χ4v) is 1.37. The minimum Gasteiger partial charge on any atom is -0.321 e. The molecule has 0 saturated heterocycles. The Morgan fingerprint density at radius 2 is 2.23 bits per heavy atom. The fraction of sp³-hybridized carbons (Fsp3) is 0.200. The van der Waals surface area contributed by atoms with Crippen LogP contribution in [0.15, 0.2) is 24.8 Å². The van der Waals surface area contributed by atoms with E-state index < -0.39 is 6.04 Å². The van der Waals surface area contributed by atoms with Gasteiger partial charge in [-0.05, 0) is 18.6 Å². The van der Waals surface area contributed by atoms with Gasteiger partial charge in [0.15, 0.2) is 0 Å². The molecule has 2 N–H and O–H groups in total. The highest BCUT2D eigenvalue weighted by atomic mass is 35.5. The maximum absolute atomic E-state index is 13.5. The van der Waals surface area contributed by atoms with E-state index in [-0.39, 0.29) is 5.82 Å². The Bertz CT molecular complexity index is 336. The van der Waals surface area contributed by atoms with Crippen molar-refractivity contribution in [3.63, 3.8) is 0 Å². The van der Waals surface area contributed by atoms with Crippen molar-refractivity contribution in [2.45, 2.75) is 13.0 Å². The highest BCUT2D eigenvalue weighted by Gasteiger charge is 2.14. The molecule has 0 aliphatic rings. The molecule has 1 nitrogen and oxygen atoms in total. The van der Waals surface area contributed by atoms with E-state index in [4.69, 9.17) is 17.3 Å². The molecule has 0 amide bonds. The van der Waals surface area contributed by atoms with Gasteiger partial charge in [0.1, 0.15) is 5.82 Å². The Hall–Kier alpha value is -0.860. The van der Waals surface area contributed by atoms with Crippen LogP contribution in [0.25, 0.3) is 0 Å². The second kappa shape index (κ2) is 3.90. The van der Waals surface area contributed by atoms with E-state index in [0.717, 1.165) is 0 Å². The molecule has 0 aliphatic heterocycles. The van der Waals surface area contributed by atoms with Crippen molar-refractivity contribution in [1.82, 2.24) is 0 Å². The molecule has 1 atom stereocenters. The van der Waals surface area contributed by atoms with Crippen LogP contribution in [0.3, 0.4) is 0 Å². The van der Waals surface area contributed by atoms with Crippen molar-refractivity contribution in [2.24, 2.45) is 5.73 Å². The lowest BCUT2D eigenvalue weighted by molar-refractivity contribution is 0.594. The van der Waals surface area contributed by atoms with Crippen LogP contribution in [-0.2, 0) is 0 Å². The first-order valence-corrected chi connectivity index (χ1v) is 4.28. The number of aryl methyl sites for hydroxylation is 1. The molecule has 1 aromatic rings. The van der Waals surface area contributed by atoms with Crippen LogP contribution < -0.4 is 5.73 Å². The summed E-state index contributed by atoms with van der Waals surface area (Å²) < 4.78 is 13.5. The molecule has 0 unspecified atom stereocenters. The largest absolute Gasteiger partial charge is 0.321 e. The Labute approximate surface area is 82.0 Å². The van der Waals surface area contributed by atoms with Crippen molar-refractivity contribution in [2.75, 3.05) is 0 Å². The molecule has 0 bridgehead atoms. The van der Waals surface area contributed by atoms with E-state index >= 15 is 0 Å². The molecular weight excluding hydrogens is 189 g/mol. The molecule has 13 heavy (non-hydrogen) atoms. The van der Waals surface area contributed by atoms with Gasteiger partial charge in [-0.15, -0.1) is 6.58 Å². The Morgan fingerprint density at radius 1 is 1.62 bits per heavy atom. The SMILES string of the molecule is C=C[C@@H](N)c1c(Cl)ccc(C)c1F. The van der Waals surface area contributed by atoms with E-state index in [2.05, 4.69) is 6.58 Å². The fourth-order valence-electron chi connectivity index (χ4n) is 1.10. The van der Waals surface area contributed by atoms with Gasteiger partial charge in [0.05, 0.1) is 6.04 Å². The van der Waals surface area contributed by atoms with Crippen LogP contribution >= 0.6 is 11.6 Å². The number of nitrogens with two attached hydrogens (primary N) is 1. The van der Waals surface area contributed by atoms with E-state index in [9.17, 15) is 4.39 Å². The van der Waals surface area contributed by atoms with Gasteiger partial charge in [-0.25, -0.2) is 4.39 Å². The molecule has 0 saturated carbocycles. The van der Waals surface area contributed by atoms with Gasteiger partial charge in [-0.3, -0.25) is 0 Å². The molecule has 0 aromatic heterocycles. The minimum absolute atomic E-state index is 0.316. The molecule has 70 valence electrons. The maximum Gasteiger partial charge on any atom is 0.132 e. The lowest BCUT2D eigenvalue weighted by Crippen LogP contribution is -2.10. The van der Waals surface area contributed by atoms with Crippen LogP contribution in [0.5, 0.6) is 0 Å². The van der Waals surface area contributed by atoms with Gasteiger partial charge >= 0.3 is 0 Å². The number of hydrogen-bond acceptors (Lipinski definition) is 1. The third-order valence-corrected chi connectivity index (χ3v) is 2.24. The lowest BCUT2D eigenvalue weighted by atomic mass is 10.0. The van der Waals surface area contributed by atoms with E-state index in [1.54, 1.807) is 19.1 Å². The van der Waals surface area contributed by atoms with Crippen molar-refractivity contribution in [1.29, 1.82) is 0 Å². The minimum atomic E-state index is -0.549. The molecule has 0 aliphatic carbocycles. The van der Waals surface area contributed by atoms with Crippen molar-refractivity contribution in [3.8, 4) is 0 Å². The molecule has 1 aromatic carbocycles. The van der Waals surface area contributed by atoms with Gasteiger partial charge < -0.3 is 5.73 Å². The summed E-state index contributed by atoms with van der Waals surface area (Å²) in [6.07, 6.45) is 1.46. The van der Waals surface area contributed by atoms with Crippen LogP contribution in [0.1, 0.15) is 17.2 Å². The Balaban J connectivity index is 3.32. The van der Waals surface area contributed by atoms with Crippen LogP contribution in [0.4, 0.5) is 4.39 Å². The second-order valence-corrected chi connectivity index (χ2v) is 3.26. The Kier molecular flexibility index (Phi) is 3.07. The van der Waals surface area contributed by atoms with E-state index in [0.29, 0.717) is 16.1 Å². The number of rotatable bonds is 2. The Morgan fingerprint density at radius 3 is 2.77 bits per heavy atom. The predicted octanol–water partition coefficient (Wildman–Crippen LogP) is 2.97. The molecule has 0 radical (unpaired) electrons. The normalized spacial score (nSPS) is 12.6. The summed E-state index contributed by atoms with van der Waals surface area (Å²) in [4.78, 5) is 0. The lowest BCUT2D eigenvalue weighted by Gasteiger charge is -2.11. The molecule has 1 rings (SSSR count). The van der Waals surface area contributed by atoms with E-state index in [1.807, 2.05) is 0 Å². The zero-order chi connectivity index (χ0) is 10.0. The summed E-state index contributed by atoms with van der Waals surface area (Å²) in [6.45, 7) is 5.17. The summed E-state index contributed by atoms with van der Waals surface area (Å²) >= 11 is 5.81. The number of hydrogen-bond donors (Lipinski definition) is 1. The van der Waals surface area contributed by atoms with Gasteiger partial charge in [0, 0.05) is 10.6 Å². The summed E-state index contributed by atoms with van der Waals surface area (Å²) in [5, 5.41) is 0.343. The summed E-state index contributed by atoms with van der Waals surface area (Å²) in [7, 11) is 0. The predicted molar refractivity (Wildman–Crippen MR) is 53.3 cm³/mol. The zero-order valence-corrected chi connectivity index (χ0v) is 8.11. The van der Waals surface area contributed by atoms with Crippen LogP contribution in [-0.4, -0.2) is 0 Å². The van der Waals surface area contributed by atoms with Gasteiger partial charge in [0.2, 0.25) is 0 Å². The molecule has 0 spiro atoms. The average Bonchev–Trinajstić information content (AvgIpc) is 2.12. The van der Waals surface area contributed by atoms with Crippen LogP contribution in [0, 0.1) is 12.7 Å². The monoisotopic (exact) mass is 199 g/mol. The summed E-state index contributed by atoms with van der Waals surface area (Å²) in [5.74, 6) is -0.347. The van der Waals surface area contributed by atoms with Gasteiger partial charge in [0.25, 0.3) is 0 Å².